The summed E-state index contributed by atoms with van der Waals surface area (Å²) in [5, 5.41) is 10.6. The molecule has 17 nitrogen and oxygen atoms in total. The standard InChI is InChI=1S/C79H146O17P2/c1-5-9-13-17-21-25-29-33-36-40-43-47-51-55-59-63-76(81)89-69-74(95-78(83)65-61-57-53-49-45-39-32-28-24-20-16-12-8-4)71-93-97(85,86)91-67-73(80)68-92-98(87,88)94-72-75(96-79(84)66-62-58-54-50-46-42-38-35-31-27-23-19-15-11-7-3)70-90-77(82)64-60-56-52-48-44-41-37-34-30-26-22-18-14-10-6-2/h21,25,33-38,73-75,80H,5-20,22-24,26-32,39-72H2,1-4H3,(H,85,86)(H,87,88)/b25-21-,36-33-,37-34-,38-35-. The van der Waals surface area contributed by atoms with Gasteiger partial charge in [0.15, 0.2) is 12.2 Å². The van der Waals surface area contributed by atoms with E-state index in [1.807, 2.05) is 0 Å². The molecule has 0 saturated heterocycles. The van der Waals surface area contributed by atoms with E-state index in [-0.39, 0.29) is 25.7 Å². The molecule has 0 fully saturated rings. The van der Waals surface area contributed by atoms with Crippen molar-refractivity contribution in [3.8, 4) is 0 Å². The van der Waals surface area contributed by atoms with Crippen molar-refractivity contribution < 1.29 is 80.2 Å². The first kappa shape index (κ1) is 95.0. The minimum Gasteiger partial charge on any atom is -0.462 e. The second-order valence-electron chi connectivity index (χ2n) is 27.0. The van der Waals surface area contributed by atoms with Crippen molar-refractivity contribution >= 4 is 39.5 Å². The minimum absolute atomic E-state index is 0.0887. The molecule has 0 amide bonds. The van der Waals surface area contributed by atoms with Gasteiger partial charge in [0, 0.05) is 25.7 Å². The quantitative estimate of drug-likeness (QED) is 0.0169. The largest absolute Gasteiger partial charge is 0.472 e. The molecule has 0 aromatic heterocycles. The second-order valence-corrected chi connectivity index (χ2v) is 29.9. The number of aliphatic hydroxyl groups is 1. The van der Waals surface area contributed by atoms with E-state index < -0.39 is 97.5 Å². The highest BCUT2D eigenvalue weighted by molar-refractivity contribution is 7.47. The molecule has 0 aliphatic carbocycles. The van der Waals surface area contributed by atoms with E-state index >= 15 is 0 Å². The maximum absolute atomic E-state index is 13.1. The molecule has 574 valence electrons. The Morgan fingerprint density at radius 3 is 0.786 bits per heavy atom. The molecule has 0 radical (unpaired) electrons. The van der Waals surface area contributed by atoms with E-state index in [9.17, 15) is 43.2 Å². The topological polar surface area (TPSA) is 237 Å². The highest BCUT2D eigenvalue weighted by Gasteiger charge is 2.30. The number of carbonyl (C=O) groups excluding carboxylic acids is 4. The zero-order valence-corrected chi connectivity index (χ0v) is 64.5. The zero-order valence-electron chi connectivity index (χ0n) is 62.7. The van der Waals surface area contributed by atoms with Crippen molar-refractivity contribution in [1.29, 1.82) is 0 Å². The van der Waals surface area contributed by atoms with Crippen molar-refractivity contribution in [1.82, 2.24) is 0 Å². The third kappa shape index (κ3) is 71.4. The van der Waals surface area contributed by atoms with Gasteiger partial charge < -0.3 is 33.8 Å². The van der Waals surface area contributed by atoms with Gasteiger partial charge in [0.25, 0.3) is 0 Å². The van der Waals surface area contributed by atoms with Crippen LogP contribution < -0.4 is 0 Å². The summed E-state index contributed by atoms with van der Waals surface area (Å²) in [5.74, 6) is -2.17. The maximum Gasteiger partial charge on any atom is 0.472 e. The van der Waals surface area contributed by atoms with E-state index in [0.717, 1.165) is 148 Å². The Labute approximate surface area is 597 Å². The molecule has 0 aromatic rings. The number of unbranched alkanes of at least 4 members (excludes halogenated alkanes) is 42. The van der Waals surface area contributed by atoms with Gasteiger partial charge in [0.2, 0.25) is 0 Å². The van der Waals surface area contributed by atoms with Gasteiger partial charge in [-0.3, -0.25) is 37.3 Å². The van der Waals surface area contributed by atoms with Crippen LogP contribution in [0, 0.1) is 0 Å². The Morgan fingerprint density at radius 1 is 0.286 bits per heavy atom. The number of rotatable bonds is 76. The number of hydrogen-bond acceptors (Lipinski definition) is 15. The number of phosphoric acid groups is 2. The molecule has 19 heteroatoms. The average molecular weight is 1430 g/mol. The summed E-state index contributed by atoms with van der Waals surface area (Å²) in [6.07, 6.45) is 69.4. The van der Waals surface area contributed by atoms with Gasteiger partial charge in [-0.1, -0.05) is 288 Å². The molecule has 0 saturated carbocycles. The number of ether oxygens (including phenoxy) is 4. The van der Waals surface area contributed by atoms with E-state index in [1.165, 1.54) is 148 Å². The molecule has 0 aliphatic rings. The number of hydrogen-bond donors (Lipinski definition) is 3. The summed E-state index contributed by atoms with van der Waals surface area (Å²) in [5.41, 5.74) is 0. The van der Waals surface area contributed by atoms with Crippen LogP contribution in [0.4, 0.5) is 0 Å². The third-order valence-electron chi connectivity index (χ3n) is 17.3. The highest BCUT2D eigenvalue weighted by Crippen LogP contribution is 2.45. The van der Waals surface area contributed by atoms with Crippen LogP contribution in [0.1, 0.15) is 374 Å². The van der Waals surface area contributed by atoms with Gasteiger partial charge in [-0.25, -0.2) is 9.13 Å². The molecule has 0 rings (SSSR count). The van der Waals surface area contributed by atoms with Crippen molar-refractivity contribution in [3.05, 3.63) is 48.6 Å². The lowest BCUT2D eigenvalue weighted by atomic mass is 10.0. The van der Waals surface area contributed by atoms with Crippen molar-refractivity contribution in [2.75, 3.05) is 39.6 Å². The van der Waals surface area contributed by atoms with E-state index in [4.69, 9.17) is 37.0 Å². The van der Waals surface area contributed by atoms with Crippen molar-refractivity contribution in [2.45, 2.75) is 393 Å². The van der Waals surface area contributed by atoms with E-state index in [1.54, 1.807) is 0 Å². The molecule has 0 spiro atoms. The predicted molar refractivity (Wildman–Crippen MR) is 400 cm³/mol. The van der Waals surface area contributed by atoms with Gasteiger partial charge in [-0.15, -0.1) is 0 Å². The summed E-state index contributed by atoms with van der Waals surface area (Å²) in [6, 6.07) is 0. The molecule has 5 atom stereocenters. The van der Waals surface area contributed by atoms with Gasteiger partial charge in [-0.05, 0) is 109 Å². The van der Waals surface area contributed by atoms with Crippen LogP contribution in [-0.2, 0) is 65.4 Å². The number of carbonyl (C=O) groups is 4. The molecule has 98 heavy (non-hydrogen) atoms. The summed E-state index contributed by atoms with van der Waals surface area (Å²) < 4.78 is 68.6. The molecule has 0 bridgehead atoms. The number of esters is 4. The fourth-order valence-corrected chi connectivity index (χ4v) is 12.7. The smallest absolute Gasteiger partial charge is 0.462 e. The van der Waals surface area contributed by atoms with Crippen LogP contribution >= 0.6 is 15.6 Å². The Balaban J connectivity index is 5.33. The van der Waals surface area contributed by atoms with Gasteiger partial charge in [0.1, 0.15) is 19.3 Å². The number of phosphoric ester groups is 2. The monoisotopic (exact) mass is 1430 g/mol. The Hall–Kier alpha value is -2.98. The van der Waals surface area contributed by atoms with Crippen LogP contribution in [0.5, 0.6) is 0 Å². The summed E-state index contributed by atoms with van der Waals surface area (Å²) in [6.45, 7) is 4.88. The van der Waals surface area contributed by atoms with Crippen molar-refractivity contribution in [2.24, 2.45) is 0 Å². The molecule has 0 heterocycles. The average Bonchev–Trinajstić information content (AvgIpc) is 0.959. The molecule has 5 unspecified atom stereocenters. The summed E-state index contributed by atoms with van der Waals surface area (Å²) >= 11 is 0. The summed E-state index contributed by atoms with van der Waals surface area (Å²) in [7, 11) is -9.94. The normalized spacial score (nSPS) is 14.2. The van der Waals surface area contributed by atoms with E-state index in [2.05, 4.69) is 76.3 Å². The lowest BCUT2D eigenvalue weighted by Gasteiger charge is -2.21. The molecular weight excluding hydrogens is 1280 g/mol. The van der Waals surface area contributed by atoms with Gasteiger partial charge in [-0.2, -0.15) is 0 Å². The molecule has 3 N–H and O–H groups in total. The zero-order chi connectivity index (χ0) is 71.8. The molecule has 0 aromatic carbocycles. The Morgan fingerprint density at radius 2 is 0.500 bits per heavy atom. The Bertz CT molecular complexity index is 2050. The van der Waals surface area contributed by atoms with Gasteiger partial charge in [0.05, 0.1) is 26.4 Å². The third-order valence-corrected chi connectivity index (χ3v) is 19.2. The van der Waals surface area contributed by atoms with Crippen LogP contribution in [-0.4, -0.2) is 96.7 Å². The van der Waals surface area contributed by atoms with E-state index in [0.29, 0.717) is 25.7 Å². The Kier molecular flexibility index (Phi) is 70.2. The number of aliphatic hydroxyl groups excluding tert-OH is 1. The first-order valence-corrected chi connectivity index (χ1v) is 42.9. The first-order valence-electron chi connectivity index (χ1n) is 39.9. The number of allylic oxidation sites excluding steroid dienone is 8. The summed E-state index contributed by atoms with van der Waals surface area (Å²) in [4.78, 5) is 72.9. The lowest BCUT2D eigenvalue weighted by molar-refractivity contribution is -0.161. The molecular formula is C79H146O17P2. The van der Waals surface area contributed by atoms with Crippen LogP contribution in [0.2, 0.25) is 0 Å². The predicted octanol–water partition coefficient (Wildman–Crippen LogP) is 22.9. The first-order chi connectivity index (χ1) is 47.7. The fraction of sp³-hybridized carbons (Fsp3) is 0.848. The van der Waals surface area contributed by atoms with Crippen LogP contribution in [0.3, 0.4) is 0 Å². The minimum atomic E-state index is -4.97. The highest BCUT2D eigenvalue weighted by atomic mass is 31.2. The lowest BCUT2D eigenvalue weighted by Crippen LogP contribution is -2.30. The maximum atomic E-state index is 13.1. The van der Waals surface area contributed by atoms with Gasteiger partial charge >= 0.3 is 39.5 Å². The van der Waals surface area contributed by atoms with Crippen LogP contribution in [0.25, 0.3) is 0 Å². The van der Waals surface area contributed by atoms with Crippen molar-refractivity contribution in [3.63, 3.8) is 0 Å². The fourth-order valence-electron chi connectivity index (χ4n) is 11.1. The second kappa shape index (κ2) is 72.4. The molecule has 0 aliphatic heterocycles. The SMILES string of the molecule is CCCCC/C=C\C/C=C\CCCCCCCC(=O)OCC(COP(=O)(O)OCC(O)COP(=O)(O)OCC(COC(=O)CCCCCCC/C=C\CCCCCCCC)OC(=O)CCCCCCC/C=C\CCCCCCCC)OC(=O)CCCCCCCCCCCCCCC. The van der Waals surface area contributed by atoms with Crippen LogP contribution in [0.15, 0.2) is 48.6 Å².